The maximum atomic E-state index is 13.4. The molecule has 0 aromatic carbocycles. The minimum atomic E-state index is -4.57. The van der Waals surface area contributed by atoms with Crippen LogP contribution in [0.5, 0.6) is 0 Å². The zero-order valence-corrected chi connectivity index (χ0v) is 14.9. The van der Waals surface area contributed by atoms with Crippen LogP contribution in [0.15, 0.2) is 12.4 Å². The number of nitrogens with two attached hydrogens (primary N) is 1. The average Bonchev–Trinajstić information content (AvgIpc) is 3.37. The number of alkyl halides is 5. The molecule has 2 aromatic rings. The van der Waals surface area contributed by atoms with Crippen molar-refractivity contribution in [3.63, 3.8) is 0 Å². The Kier molecular flexibility index (Phi) is 4.76. The van der Waals surface area contributed by atoms with Crippen molar-refractivity contribution in [1.29, 1.82) is 0 Å². The smallest absolute Gasteiger partial charge is 0.367 e. The second kappa shape index (κ2) is 6.67. The molecule has 12 heteroatoms. The van der Waals surface area contributed by atoms with E-state index in [4.69, 9.17) is 5.73 Å². The molecular weight excluding hydrogens is 387 g/mol. The van der Waals surface area contributed by atoms with Gasteiger partial charge in [-0.05, 0) is 26.7 Å². The molecular formula is C16H17F5N6O. The molecule has 152 valence electrons. The fourth-order valence-corrected chi connectivity index (χ4v) is 2.60. The second-order valence-corrected chi connectivity index (χ2v) is 6.77. The Morgan fingerprint density at radius 2 is 2.00 bits per heavy atom. The number of anilines is 2. The minimum Gasteiger partial charge on any atom is -0.367 e. The molecule has 0 radical (unpaired) electrons. The number of rotatable bonds is 6. The summed E-state index contributed by atoms with van der Waals surface area (Å²) < 4.78 is 66.8. The first-order chi connectivity index (χ1) is 12.9. The van der Waals surface area contributed by atoms with Gasteiger partial charge in [0.1, 0.15) is 0 Å². The maximum Gasteiger partial charge on any atom is 0.419 e. The van der Waals surface area contributed by atoms with Gasteiger partial charge in [0.2, 0.25) is 5.95 Å². The van der Waals surface area contributed by atoms with Gasteiger partial charge in [0.25, 0.3) is 12.3 Å². The molecule has 1 atom stereocenters. The third-order valence-electron chi connectivity index (χ3n) is 4.63. The van der Waals surface area contributed by atoms with Gasteiger partial charge in [-0.15, -0.1) is 0 Å². The number of carbonyl (C=O) groups excluding carboxylic acids is 1. The third kappa shape index (κ3) is 3.50. The van der Waals surface area contributed by atoms with Crippen molar-refractivity contribution in [2.45, 2.75) is 50.7 Å². The molecule has 0 bridgehead atoms. The lowest BCUT2D eigenvalue weighted by Crippen LogP contribution is -2.49. The first-order valence-electron chi connectivity index (χ1n) is 8.30. The van der Waals surface area contributed by atoms with Gasteiger partial charge < -0.3 is 11.1 Å². The molecule has 0 aliphatic heterocycles. The molecule has 1 amide bonds. The number of aromatic nitrogens is 4. The highest BCUT2D eigenvalue weighted by Gasteiger charge is 2.44. The molecule has 1 fully saturated rings. The number of amides is 1. The minimum absolute atomic E-state index is 0.107. The van der Waals surface area contributed by atoms with Gasteiger partial charge in [-0.3, -0.25) is 4.79 Å². The van der Waals surface area contributed by atoms with E-state index in [-0.39, 0.29) is 28.9 Å². The Morgan fingerprint density at radius 1 is 1.36 bits per heavy atom. The van der Waals surface area contributed by atoms with Crippen molar-refractivity contribution in [1.82, 2.24) is 19.7 Å². The van der Waals surface area contributed by atoms with Gasteiger partial charge in [0.15, 0.2) is 5.54 Å². The summed E-state index contributed by atoms with van der Waals surface area (Å²) in [6.07, 6.45) is -4.69. The van der Waals surface area contributed by atoms with Crippen LogP contribution in [0.2, 0.25) is 0 Å². The molecule has 7 nitrogen and oxygen atoms in total. The highest BCUT2D eigenvalue weighted by Crippen LogP contribution is 2.45. The first kappa shape index (κ1) is 20.0. The summed E-state index contributed by atoms with van der Waals surface area (Å²) in [5.41, 5.74) is 2.09. The van der Waals surface area contributed by atoms with Gasteiger partial charge >= 0.3 is 6.18 Å². The maximum absolute atomic E-state index is 13.4. The Hall–Kier alpha value is -2.79. The van der Waals surface area contributed by atoms with Gasteiger partial charge in [0.05, 0.1) is 28.8 Å². The molecule has 0 saturated heterocycles. The Labute approximate surface area is 156 Å². The van der Waals surface area contributed by atoms with Crippen molar-refractivity contribution >= 4 is 17.5 Å². The molecule has 1 aliphatic carbocycles. The highest BCUT2D eigenvalue weighted by atomic mass is 19.4. The Bertz CT molecular complexity index is 907. The molecule has 2 aromatic heterocycles. The molecule has 3 N–H and O–H groups in total. The summed E-state index contributed by atoms with van der Waals surface area (Å²) in [5, 5.41) is 6.56. The number of hydrogen-bond donors (Lipinski definition) is 2. The van der Waals surface area contributed by atoms with E-state index in [1.165, 1.54) is 6.92 Å². The molecule has 3 rings (SSSR count). The van der Waals surface area contributed by atoms with Crippen molar-refractivity contribution in [3.05, 3.63) is 29.3 Å². The van der Waals surface area contributed by atoms with Crippen LogP contribution in [0.3, 0.4) is 0 Å². The predicted octanol–water partition coefficient (Wildman–Crippen LogP) is 3.09. The van der Waals surface area contributed by atoms with Crippen LogP contribution in [0, 0.1) is 6.92 Å². The van der Waals surface area contributed by atoms with E-state index in [9.17, 15) is 26.7 Å². The summed E-state index contributed by atoms with van der Waals surface area (Å²) in [5.74, 6) is -1.70. The van der Waals surface area contributed by atoms with E-state index in [1.807, 2.05) is 0 Å². The number of halogens is 5. The standard InChI is InChI=1S/C16H17F5N6O/c1-7-10(6-27(26-7)15(2,12(17)18)13(22)28)24-14-23-5-9(16(19,20)21)11(25-14)8-3-4-8/h5-6,8,12H,3-4H2,1-2H3,(H2,22,28)(H,23,24,25)/t15-/m0/s1. The molecule has 1 aliphatic rings. The molecule has 28 heavy (non-hydrogen) atoms. The number of aryl methyl sites for hydroxylation is 1. The van der Waals surface area contributed by atoms with Crippen LogP contribution in [0.25, 0.3) is 0 Å². The van der Waals surface area contributed by atoms with Gasteiger partial charge in [0, 0.05) is 12.1 Å². The largest absolute Gasteiger partial charge is 0.419 e. The summed E-state index contributed by atoms with van der Waals surface area (Å²) in [6.45, 7) is 2.41. The summed E-state index contributed by atoms with van der Waals surface area (Å²) in [4.78, 5) is 19.2. The average molecular weight is 404 g/mol. The van der Waals surface area contributed by atoms with E-state index >= 15 is 0 Å². The number of primary amides is 1. The van der Waals surface area contributed by atoms with Crippen LogP contribution in [-0.4, -0.2) is 32.1 Å². The van der Waals surface area contributed by atoms with Gasteiger partial charge in [-0.25, -0.2) is 23.4 Å². The van der Waals surface area contributed by atoms with Crippen LogP contribution >= 0.6 is 0 Å². The summed E-state index contributed by atoms with van der Waals surface area (Å²) in [6, 6.07) is 0. The van der Waals surface area contributed by atoms with Crippen molar-refractivity contribution in [3.8, 4) is 0 Å². The fourth-order valence-electron chi connectivity index (χ4n) is 2.60. The zero-order valence-electron chi connectivity index (χ0n) is 14.9. The number of carbonyl (C=O) groups is 1. The van der Waals surface area contributed by atoms with E-state index in [2.05, 4.69) is 20.4 Å². The molecule has 2 heterocycles. The Balaban J connectivity index is 1.94. The number of nitrogens with zero attached hydrogens (tertiary/aromatic N) is 4. The van der Waals surface area contributed by atoms with Crippen LogP contribution in [-0.2, 0) is 16.5 Å². The predicted molar refractivity (Wildman–Crippen MR) is 88.1 cm³/mol. The van der Waals surface area contributed by atoms with Crippen LogP contribution in [0.1, 0.15) is 42.6 Å². The monoisotopic (exact) mass is 404 g/mol. The second-order valence-electron chi connectivity index (χ2n) is 6.77. The van der Waals surface area contributed by atoms with Gasteiger partial charge in [-0.1, -0.05) is 0 Å². The quantitative estimate of drug-likeness (QED) is 0.721. The van der Waals surface area contributed by atoms with Crippen molar-refractivity contribution < 1.29 is 26.7 Å². The van der Waals surface area contributed by atoms with Gasteiger partial charge in [-0.2, -0.15) is 18.3 Å². The topological polar surface area (TPSA) is 98.7 Å². The summed E-state index contributed by atoms with van der Waals surface area (Å²) in [7, 11) is 0. The lowest BCUT2D eigenvalue weighted by atomic mass is 10.0. The van der Waals surface area contributed by atoms with E-state index in [1.54, 1.807) is 0 Å². The Morgan fingerprint density at radius 3 is 2.50 bits per heavy atom. The zero-order chi connectivity index (χ0) is 20.9. The van der Waals surface area contributed by atoms with E-state index < -0.39 is 29.6 Å². The molecule has 1 saturated carbocycles. The number of hydrogen-bond acceptors (Lipinski definition) is 5. The van der Waals surface area contributed by atoms with Crippen molar-refractivity contribution in [2.75, 3.05) is 5.32 Å². The lowest BCUT2D eigenvalue weighted by Gasteiger charge is -2.25. The summed E-state index contributed by atoms with van der Waals surface area (Å²) >= 11 is 0. The third-order valence-corrected chi connectivity index (χ3v) is 4.63. The van der Waals surface area contributed by atoms with E-state index in [0.717, 1.165) is 17.8 Å². The lowest BCUT2D eigenvalue weighted by molar-refractivity contribution is -0.138. The van der Waals surface area contributed by atoms with Crippen molar-refractivity contribution in [2.24, 2.45) is 5.73 Å². The molecule has 0 unspecified atom stereocenters. The normalized spacial score (nSPS) is 16.9. The van der Waals surface area contributed by atoms with E-state index in [0.29, 0.717) is 19.0 Å². The fraction of sp³-hybridized carbons (Fsp3) is 0.500. The molecule has 0 spiro atoms. The first-order valence-corrected chi connectivity index (χ1v) is 8.30. The van der Waals surface area contributed by atoms with Crippen LogP contribution in [0.4, 0.5) is 33.6 Å². The SMILES string of the molecule is Cc1nn([C@](C)(C(N)=O)C(F)F)cc1Nc1ncc(C(F)(F)F)c(C2CC2)n1. The van der Waals surface area contributed by atoms with Crippen LogP contribution < -0.4 is 11.1 Å². The number of nitrogens with one attached hydrogen (secondary N) is 1. The highest BCUT2D eigenvalue weighted by molar-refractivity contribution is 5.83.